The molecule has 0 radical (unpaired) electrons. The lowest BCUT2D eigenvalue weighted by atomic mass is 10.0. The monoisotopic (exact) mass is 649 g/mol. The van der Waals surface area contributed by atoms with E-state index in [2.05, 4.69) is 15.5 Å². The van der Waals surface area contributed by atoms with Crippen LogP contribution in [0.15, 0.2) is 42.5 Å². The van der Waals surface area contributed by atoms with Gasteiger partial charge in [0.15, 0.2) is 0 Å². The number of halogens is 3. The van der Waals surface area contributed by atoms with Crippen molar-refractivity contribution in [1.82, 2.24) is 14.7 Å². The summed E-state index contributed by atoms with van der Waals surface area (Å²) in [6.07, 6.45) is -4.82. The van der Waals surface area contributed by atoms with Crippen LogP contribution in [-0.2, 0) is 26.9 Å². The van der Waals surface area contributed by atoms with E-state index in [4.69, 9.17) is 9.47 Å². The number of nitrogens with zero attached hydrogens (tertiary/aromatic N) is 3. The van der Waals surface area contributed by atoms with Crippen molar-refractivity contribution in [3.8, 4) is 5.75 Å². The zero-order chi connectivity index (χ0) is 33.4. The van der Waals surface area contributed by atoms with Crippen molar-refractivity contribution in [1.29, 1.82) is 0 Å². The highest BCUT2D eigenvalue weighted by Crippen LogP contribution is 2.31. The highest BCUT2D eigenvalue weighted by molar-refractivity contribution is 5.91. The predicted molar refractivity (Wildman–Crippen MR) is 166 cm³/mol. The van der Waals surface area contributed by atoms with Crippen molar-refractivity contribution in [3.63, 3.8) is 0 Å². The van der Waals surface area contributed by atoms with Gasteiger partial charge in [-0.25, -0.2) is 4.79 Å². The summed E-state index contributed by atoms with van der Waals surface area (Å²) < 4.78 is 50.6. The van der Waals surface area contributed by atoms with E-state index >= 15 is 0 Å². The van der Waals surface area contributed by atoms with Crippen LogP contribution in [0.5, 0.6) is 5.75 Å². The zero-order valence-electron chi connectivity index (χ0n) is 26.3. The number of aliphatic hydroxyl groups is 1. The quantitative estimate of drug-likeness (QED) is 0.379. The van der Waals surface area contributed by atoms with Crippen molar-refractivity contribution in [2.24, 2.45) is 5.92 Å². The summed E-state index contributed by atoms with van der Waals surface area (Å²) in [4.78, 5) is 44.3. The summed E-state index contributed by atoms with van der Waals surface area (Å²) >= 11 is 0. The standard InChI is InChI=1S/C32H42F3N5O6/c1-21-18-40(22(2)20-41)30(43)17-23-16-26(36-29(42)10-11-39-12-14-45-15-13-39)8-9-27(23)46-28(21)19-38(3)31(44)37-25-6-4-24(5-7-25)32(33,34)35/h4-9,16,21-22,28,41H,10-15,17-20H2,1-3H3,(H,36,42)(H,37,44)/t21-,22-,28-/m1/s1. The van der Waals surface area contributed by atoms with Gasteiger partial charge < -0.3 is 35.0 Å². The number of amides is 4. The number of ether oxygens (including phenoxy) is 2. The molecule has 4 rings (SSSR count). The lowest BCUT2D eigenvalue weighted by molar-refractivity contribution is -0.137. The molecule has 0 spiro atoms. The Morgan fingerprint density at radius 1 is 1.09 bits per heavy atom. The molecule has 2 aromatic carbocycles. The fourth-order valence-electron chi connectivity index (χ4n) is 5.35. The third kappa shape index (κ3) is 9.56. The van der Waals surface area contributed by atoms with Gasteiger partial charge in [0.2, 0.25) is 11.8 Å². The Morgan fingerprint density at radius 2 is 1.76 bits per heavy atom. The molecular weight excluding hydrogens is 607 g/mol. The first-order chi connectivity index (χ1) is 21.8. The molecule has 2 aromatic rings. The van der Waals surface area contributed by atoms with Gasteiger partial charge in [0.25, 0.3) is 0 Å². The number of benzene rings is 2. The SMILES string of the molecule is C[C@@H]1CN([C@H](C)CO)C(=O)Cc2cc(NC(=O)CCN3CCOCC3)ccc2O[C@@H]1CN(C)C(=O)Nc1ccc(C(F)(F)F)cc1. The van der Waals surface area contributed by atoms with Crippen LogP contribution in [0, 0.1) is 5.92 Å². The Labute approximate surface area is 266 Å². The second-order valence-electron chi connectivity index (χ2n) is 11.8. The van der Waals surface area contributed by atoms with Gasteiger partial charge >= 0.3 is 12.2 Å². The molecule has 1 fully saturated rings. The minimum atomic E-state index is -4.49. The topological polar surface area (TPSA) is 124 Å². The molecular formula is C32H42F3N5O6. The van der Waals surface area contributed by atoms with Crippen molar-refractivity contribution in [3.05, 3.63) is 53.6 Å². The summed E-state index contributed by atoms with van der Waals surface area (Å²) in [5.41, 5.74) is 0.437. The minimum Gasteiger partial charge on any atom is -0.488 e. The van der Waals surface area contributed by atoms with E-state index in [1.54, 1.807) is 30.0 Å². The molecule has 3 N–H and O–H groups in total. The molecule has 0 saturated carbocycles. The number of hydrogen-bond donors (Lipinski definition) is 3. The van der Waals surface area contributed by atoms with Crippen molar-refractivity contribution >= 4 is 29.2 Å². The molecule has 2 heterocycles. The Kier molecular flexibility index (Phi) is 11.9. The van der Waals surface area contributed by atoms with E-state index in [1.807, 2.05) is 6.92 Å². The number of alkyl halides is 3. The molecule has 0 bridgehead atoms. The van der Waals surface area contributed by atoms with E-state index < -0.39 is 29.9 Å². The summed E-state index contributed by atoms with van der Waals surface area (Å²) in [5, 5.41) is 15.4. The predicted octanol–water partition coefficient (Wildman–Crippen LogP) is 3.68. The number of carbonyl (C=O) groups excluding carboxylic acids is 3. The normalized spacial score (nSPS) is 20.0. The number of rotatable bonds is 9. The van der Waals surface area contributed by atoms with Crippen LogP contribution in [-0.4, -0.2) is 109 Å². The average molecular weight is 650 g/mol. The van der Waals surface area contributed by atoms with E-state index in [1.165, 1.54) is 24.1 Å². The number of nitrogens with one attached hydrogen (secondary N) is 2. The highest BCUT2D eigenvalue weighted by Gasteiger charge is 2.33. The Balaban J connectivity index is 1.49. The summed E-state index contributed by atoms with van der Waals surface area (Å²) in [5.74, 6) is -0.246. The summed E-state index contributed by atoms with van der Waals surface area (Å²) in [6.45, 7) is 7.16. The first kappa shape index (κ1) is 35.0. The smallest absolute Gasteiger partial charge is 0.416 e. The lowest BCUT2D eigenvalue weighted by Crippen LogP contribution is -2.48. The van der Waals surface area contributed by atoms with Crippen LogP contribution in [0.25, 0.3) is 0 Å². The maximum Gasteiger partial charge on any atom is 0.416 e. The Hall–Kier alpha value is -3.88. The third-order valence-electron chi connectivity index (χ3n) is 8.22. The third-order valence-corrected chi connectivity index (χ3v) is 8.22. The fraction of sp³-hybridized carbons (Fsp3) is 0.531. The average Bonchev–Trinajstić information content (AvgIpc) is 3.07. The van der Waals surface area contributed by atoms with Crippen LogP contribution < -0.4 is 15.4 Å². The number of anilines is 2. The van der Waals surface area contributed by atoms with E-state index in [9.17, 15) is 32.7 Å². The molecule has 0 aliphatic carbocycles. The van der Waals surface area contributed by atoms with Gasteiger partial charge in [-0.05, 0) is 49.4 Å². The number of urea groups is 1. The first-order valence-electron chi connectivity index (χ1n) is 15.3. The van der Waals surface area contributed by atoms with Crippen molar-refractivity contribution in [2.45, 2.75) is 45.0 Å². The second-order valence-corrected chi connectivity index (χ2v) is 11.8. The summed E-state index contributed by atoms with van der Waals surface area (Å²) in [7, 11) is 1.54. The first-order valence-corrected chi connectivity index (χ1v) is 15.3. The van der Waals surface area contributed by atoms with Gasteiger partial charge in [-0.15, -0.1) is 0 Å². The molecule has 2 aliphatic rings. The van der Waals surface area contributed by atoms with Gasteiger partial charge in [0.1, 0.15) is 11.9 Å². The van der Waals surface area contributed by atoms with Crippen LogP contribution in [0.1, 0.15) is 31.4 Å². The van der Waals surface area contributed by atoms with E-state index in [0.29, 0.717) is 43.2 Å². The molecule has 14 heteroatoms. The van der Waals surface area contributed by atoms with Crippen molar-refractivity contribution < 1.29 is 42.1 Å². The lowest BCUT2D eigenvalue weighted by Gasteiger charge is -2.34. The number of morpholine rings is 1. The fourth-order valence-corrected chi connectivity index (χ4v) is 5.35. The van der Waals surface area contributed by atoms with Gasteiger partial charge in [-0.3, -0.25) is 14.5 Å². The van der Waals surface area contributed by atoms with Gasteiger partial charge in [-0.1, -0.05) is 6.92 Å². The molecule has 11 nitrogen and oxygen atoms in total. The summed E-state index contributed by atoms with van der Waals surface area (Å²) in [6, 6.07) is 8.22. The molecule has 46 heavy (non-hydrogen) atoms. The van der Waals surface area contributed by atoms with Crippen molar-refractivity contribution in [2.75, 3.05) is 70.2 Å². The van der Waals surface area contributed by atoms with Crippen LogP contribution in [0.4, 0.5) is 29.3 Å². The van der Waals surface area contributed by atoms with Gasteiger partial charge in [0.05, 0.1) is 44.4 Å². The Bertz CT molecular complexity index is 1350. The largest absolute Gasteiger partial charge is 0.488 e. The number of carbonyl (C=O) groups is 3. The van der Waals surface area contributed by atoms with E-state index in [-0.39, 0.29) is 49.5 Å². The number of fused-ring (bicyclic) bond motifs is 1. The van der Waals surface area contributed by atoms with Crippen LogP contribution in [0.3, 0.4) is 0 Å². The maximum atomic E-state index is 13.5. The highest BCUT2D eigenvalue weighted by atomic mass is 19.4. The molecule has 0 unspecified atom stereocenters. The maximum absolute atomic E-state index is 13.5. The zero-order valence-corrected chi connectivity index (χ0v) is 26.3. The molecule has 1 saturated heterocycles. The number of hydrogen-bond acceptors (Lipinski definition) is 7. The molecule has 0 aromatic heterocycles. The molecule has 3 atom stereocenters. The number of aliphatic hydroxyl groups excluding tert-OH is 1. The molecule has 252 valence electrons. The van der Waals surface area contributed by atoms with Crippen LogP contribution >= 0.6 is 0 Å². The number of likely N-dealkylation sites (N-methyl/N-ethyl adjacent to an activating group) is 1. The molecule has 4 amide bonds. The molecule has 2 aliphatic heterocycles. The minimum absolute atomic E-state index is 0.0269. The van der Waals surface area contributed by atoms with E-state index in [0.717, 1.165) is 25.2 Å². The van der Waals surface area contributed by atoms with Gasteiger partial charge in [0, 0.05) is 62.5 Å². The van der Waals surface area contributed by atoms with Gasteiger partial charge in [-0.2, -0.15) is 13.2 Å². The second kappa shape index (κ2) is 15.6. The Morgan fingerprint density at radius 3 is 2.41 bits per heavy atom. The van der Waals surface area contributed by atoms with Crippen LogP contribution in [0.2, 0.25) is 0 Å².